The summed E-state index contributed by atoms with van der Waals surface area (Å²) in [5.41, 5.74) is -0.227. The van der Waals surface area contributed by atoms with Gasteiger partial charge in [-0.15, -0.1) is 13.2 Å². The number of ether oxygens (including phenoxy) is 3. The maximum Gasteiger partial charge on any atom is 0.312 e. The molecule has 4 fully saturated rings. The zero-order valence-electron chi connectivity index (χ0n) is 24.3. The number of benzene rings is 1. The van der Waals surface area contributed by atoms with E-state index < -0.39 is 41.6 Å². The van der Waals surface area contributed by atoms with Crippen LogP contribution >= 0.6 is 0 Å². The third-order valence-corrected chi connectivity index (χ3v) is 9.18. The number of fused-ring (bicyclic) bond motifs is 1. The number of nitrogens with zero attached hydrogens (tertiary/aromatic N) is 3. The molecule has 0 aromatic heterocycles. The van der Waals surface area contributed by atoms with Gasteiger partial charge in [-0.2, -0.15) is 0 Å². The van der Waals surface area contributed by atoms with Crippen LogP contribution in [0.25, 0.3) is 0 Å². The summed E-state index contributed by atoms with van der Waals surface area (Å²) in [5, 5.41) is 10.6. The Morgan fingerprint density at radius 2 is 1.95 bits per heavy atom. The van der Waals surface area contributed by atoms with Crippen molar-refractivity contribution < 1.29 is 33.7 Å². The van der Waals surface area contributed by atoms with Crippen molar-refractivity contribution >= 4 is 17.8 Å². The molecule has 5 rings (SSSR count). The van der Waals surface area contributed by atoms with Crippen molar-refractivity contribution in [1.29, 1.82) is 0 Å². The number of hydrogen-bond acceptors (Lipinski definition) is 8. The lowest BCUT2D eigenvalue weighted by Crippen LogP contribution is -2.59. The molecule has 4 aliphatic rings. The largest absolute Gasteiger partial charge is 0.465 e. The highest BCUT2D eigenvalue weighted by molar-refractivity contribution is 5.98. The van der Waals surface area contributed by atoms with E-state index in [4.69, 9.17) is 14.2 Å². The second-order valence-electron chi connectivity index (χ2n) is 11.6. The molecule has 1 N–H and O–H groups in total. The third-order valence-electron chi connectivity index (χ3n) is 9.18. The number of hydrogen-bond donors (Lipinski definition) is 1. The highest BCUT2D eigenvalue weighted by atomic mass is 16.6. The van der Waals surface area contributed by atoms with E-state index in [2.05, 4.69) is 18.1 Å². The molecule has 1 aromatic rings. The number of esters is 1. The summed E-state index contributed by atoms with van der Waals surface area (Å²) in [6.45, 7) is 11.7. The molecule has 0 radical (unpaired) electrons. The van der Waals surface area contributed by atoms with Crippen LogP contribution in [-0.4, -0.2) is 121 Å². The van der Waals surface area contributed by atoms with E-state index in [0.29, 0.717) is 58.5 Å². The van der Waals surface area contributed by atoms with Gasteiger partial charge in [0.1, 0.15) is 11.6 Å². The average molecular weight is 582 g/mol. The monoisotopic (exact) mass is 581 g/mol. The quantitative estimate of drug-likeness (QED) is 0.200. The first-order valence-electron chi connectivity index (χ1n) is 15.1. The topological polar surface area (TPSA) is 109 Å². The minimum absolute atomic E-state index is 0.174. The van der Waals surface area contributed by atoms with Crippen LogP contribution in [0.1, 0.15) is 24.8 Å². The number of amides is 2. The van der Waals surface area contributed by atoms with Gasteiger partial charge in [-0.1, -0.05) is 42.5 Å². The molecule has 6 atom stereocenters. The Hall–Kier alpha value is -3.05. The fraction of sp³-hybridized carbons (Fsp3) is 0.594. The summed E-state index contributed by atoms with van der Waals surface area (Å²) in [4.78, 5) is 47.9. The minimum atomic E-state index is -1.16. The molecule has 2 bridgehead atoms. The van der Waals surface area contributed by atoms with Gasteiger partial charge in [-0.3, -0.25) is 19.3 Å². The highest BCUT2D eigenvalue weighted by Gasteiger charge is 2.75. The van der Waals surface area contributed by atoms with Crippen LogP contribution in [-0.2, 0) is 35.0 Å². The molecule has 1 spiro atoms. The van der Waals surface area contributed by atoms with Crippen LogP contribution in [0.3, 0.4) is 0 Å². The van der Waals surface area contributed by atoms with Crippen molar-refractivity contribution in [3.63, 3.8) is 0 Å². The van der Waals surface area contributed by atoms with Gasteiger partial charge in [-0.25, -0.2) is 0 Å². The SMILES string of the molecule is C=CCCOC(=O)[C@@H]1[C@@H]2CCC3(O2)C(C(=O)N(CC=C)CCN2CCOCC2)N([C@@H](CO)Cc2ccccc2)C(=O)[C@H]13. The fourth-order valence-electron chi connectivity index (χ4n) is 7.21. The minimum Gasteiger partial charge on any atom is -0.465 e. The molecular formula is C32H43N3O7. The van der Waals surface area contributed by atoms with Crippen molar-refractivity contribution in [2.45, 2.75) is 49.5 Å². The number of carbonyl (C=O) groups is 3. The molecule has 1 aromatic carbocycles. The van der Waals surface area contributed by atoms with E-state index in [0.717, 1.165) is 18.7 Å². The number of likely N-dealkylation sites (tertiary alicyclic amines) is 1. The molecule has 4 heterocycles. The van der Waals surface area contributed by atoms with Crippen LogP contribution in [0.2, 0.25) is 0 Å². The molecular weight excluding hydrogens is 538 g/mol. The van der Waals surface area contributed by atoms with E-state index in [9.17, 15) is 19.5 Å². The lowest BCUT2D eigenvalue weighted by Gasteiger charge is -2.40. The molecule has 4 aliphatic heterocycles. The summed E-state index contributed by atoms with van der Waals surface area (Å²) >= 11 is 0. The molecule has 2 unspecified atom stereocenters. The normalized spacial score (nSPS) is 29.3. The number of carbonyl (C=O) groups excluding carboxylic acids is 3. The summed E-state index contributed by atoms with van der Waals surface area (Å²) in [7, 11) is 0. The Labute approximate surface area is 247 Å². The van der Waals surface area contributed by atoms with Crippen molar-refractivity contribution in [2.75, 3.05) is 59.2 Å². The average Bonchev–Trinajstić information content (AvgIpc) is 3.66. The number of aliphatic hydroxyl groups is 1. The Morgan fingerprint density at radius 3 is 2.64 bits per heavy atom. The van der Waals surface area contributed by atoms with Crippen LogP contribution in [0.4, 0.5) is 0 Å². The second kappa shape index (κ2) is 13.5. The summed E-state index contributed by atoms with van der Waals surface area (Å²) < 4.78 is 17.6. The first-order chi connectivity index (χ1) is 20.4. The Balaban J connectivity index is 1.48. The fourth-order valence-corrected chi connectivity index (χ4v) is 7.21. The summed E-state index contributed by atoms with van der Waals surface area (Å²) in [6.07, 6.45) is 4.77. The maximum atomic E-state index is 14.6. The molecule has 10 heteroatoms. The van der Waals surface area contributed by atoms with Crippen LogP contribution in [0.5, 0.6) is 0 Å². The smallest absolute Gasteiger partial charge is 0.312 e. The first kappa shape index (κ1) is 30.4. The van der Waals surface area contributed by atoms with E-state index in [-0.39, 0.29) is 25.0 Å². The van der Waals surface area contributed by atoms with Gasteiger partial charge in [0.2, 0.25) is 11.8 Å². The lowest BCUT2D eigenvalue weighted by atomic mass is 9.70. The van der Waals surface area contributed by atoms with E-state index in [1.165, 1.54) is 4.90 Å². The first-order valence-corrected chi connectivity index (χ1v) is 15.1. The summed E-state index contributed by atoms with van der Waals surface area (Å²) in [6, 6.07) is 7.95. The molecule has 10 nitrogen and oxygen atoms in total. The number of aliphatic hydroxyl groups excluding tert-OH is 1. The number of rotatable bonds is 14. The van der Waals surface area contributed by atoms with Crippen LogP contribution in [0, 0.1) is 11.8 Å². The number of morpholine rings is 1. The van der Waals surface area contributed by atoms with Crippen LogP contribution in [0.15, 0.2) is 55.6 Å². The van der Waals surface area contributed by atoms with Gasteiger partial charge < -0.3 is 29.1 Å². The van der Waals surface area contributed by atoms with E-state index in [1.807, 2.05) is 30.3 Å². The zero-order valence-corrected chi connectivity index (χ0v) is 24.3. The van der Waals surface area contributed by atoms with Gasteiger partial charge in [0.25, 0.3) is 0 Å². The predicted octanol–water partition coefficient (Wildman–Crippen LogP) is 1.43. The van der Waals surface area contributed by atoms with Crippen molar-refractivity contribution in [1.82, 2.24) is 14.7 Å². The Bertz CT molecular complexity index is 1140. The Morgan fingerprint density at radius 1 is 1.19 bits per heavy atom. The highest BCUT2D eigenvalue weighted by Crippen LogP contribution is 2.59. The van der Waals surface area contributed by atoms with Gasteiger partial charge in [0, 0.05) is 32.7 Å². The van der Waals surface area contributed by atoms with E-state index >= 15 is 0 Å². The van der Waals surface area contributed by atoms with Gasteiger partial charge in [0.05, 0.1) is 50.4 Å². The van der Waals surface area contributed by atoms with Crippen molar-refractivity contribution in [3.05, 3.63) is 61.2 Å². The second-order valence-corrected chi connectivity index (χ2v) is 11.6. The summed E-state index contributed by atoms with van der Waals surface area (Å²) in [5.74, 6) is -2.70. The molecule has 0 saturated carbocycles. The van der Waals surface area contributed by atoms with Crippen LogP contribution < -0.4 is 0 Å². The van der Waals surface area contributed by atoms with Gasteiger partial charge in [-0.05, 0) is 31.2 Å². The predicted molar refractivity (Wildman–Crippen MR) is 155 cm³/mol. The van der Waals surface area contributed by atoms with E-state index in [1.54, 1.807) is 17.1 Å². The van der Waals surface area contributed by atoms with Crippen molar-refractivity contribution in [3.8, 4) is 0 Å². The maximum absolute atomic E-state index is 14.6. The molecule has 0 aliphatic carbocycles. The lowest BCUT2D eigenvalue weighted by molar-refractivity contribution is -0.156. The Kier molecular flexibility index (Phi) is 9.77. The molecule has 228 valence electrons. The zero-order chi connectivity index (χ0) is 29.7. The standard InChI is InChI=1S/C32H43N3O7/c1-3-5-18-41-31(39)26-25-11-12-32(42-25)27(26)29(37)35(24(22-36)21-23-9-7-6-8-10-23)28(32)30(38)34(13-4-2)15-14-33-16-19-40-20-17-33/h3-4,6-10,24-28,36H,1-2,5,11-22H2/t24-,25+,26-,27+,28?,32?/m1/s1. The molecule has 4 saturated heterocycles. The molecule has 2 amide bonds. The van der Waals surface area contributed by atoms with Crippen molar-refractivity contribution in [2.24, 2.45) is 11.8 Å². The molecule has 42 heavy (non-hydrogen) atoms. The van der Waals surface area contributed by atoms with Gasteiger partial charge in [0.15, 0.2) is 0 Å². The third kappa shape index (κ3) is 5.77. The van der Waals surface area contributed by atoms with Gasteiger partial charge >= 0.3 is 5.97 Å².